The number of aliphatic hydroxyl groups excluding tert-OH is 1. The number of rotatable bonds is 5. The molecule has 1 atom stereocenters. The minimum atomic E-state index is -0.596. The first-order chi connectivity index (χ1) is 11.1. The first-order valence-electron chi connectivity index (χ1n) is 7.39. The SMILES string of the molecule is OC(CCOc1c(Cl)ccc2ccccc12)c1ccc(Cl)cc1. The molecular formula is C19H16Cl2O2. The van der Waals surface area contributed by atoms with Crippen molar-refractivity contribution in [1.29, 1.82) is 0 Å². The molecule has 1 N–H and O–H groups in total. The van der Waals surface area contributed by atoms with Gasteiger partial charge in [0.05, 0.1) is 17.7 Å². The maximum atomic E-state index is 10.2. The summed E-state index contributed by atoms with van der Waals surface area (Å²) in [6.07, 6.45) is -0.123. The van der Waals surface area contributed by atoms with Gasteiger partial charge in [-0.2, -0.15) is 0 Å². The zero-order valence-corrected chi connectivity index (χ0v) is 13.9. The number of benzene rings is 3. The fourth-order valence-electron chi connectivity index (χ4n) is 2.49. The number of aliphatic hydroxyl groups is 1. The molecule has 0 aliphatic heterocycles. The van der Waals surface area contributed by atoms with Crippen LogP contribution in [-0.2, 0) is 0 Å². The highest BCUT2D eigenvalue weighted by Crippen LogP contribution is 2.33. The van der Waals surface area contributed by atoms with E-state index < -0.39 is 6.10 Å². The van der Waals surface area contributed by atoms with Gasteiger partial charge in [-0.05, 0) is 29.1 Å². The average Bonchev–Trinajstić information content (AvgIpc) is 2.57. The molecule has 0 spiro atoms. The summed E-state index contributed by atoms with van der Waals surface area (Å²) in [6, 6.07) is 18.9. The first-order valence-corrected chi connectivity index (χ1v) is 8.14. The van der Waals surface area contributed by atoms with Crippen molar-refractivity contribution < 1.29 is 9.84 Å². The predicted molar refractivity (Wildman–Crippen MR) is 95.5 cm³/mol. The average molecular weight is 347 g/mol. The van der Waals surface area contributed by atoms with E-state index in [1.165, 1.54) is 0 Å². The highest BCUT2D eigenvalue weighted by atomic mass is 35.5. The van der Waals surface area contributed by atoms with Crippen molar-refractivity contribution in [2.75, 3.05) is 6.61 Å². The summed E-state index contributed by atoms with van der Waals surface area (Å²) in [5, 5.41) is 13.5. The normalized spacial score (nSPS) is 12.3. The number of halogens is 2. The first kappa shape index (κ1) is 16.1. The monoisotopic (exact) mass is 346 g/mol. The Morgan fingerprint density at radius 1 is 0.913 bits per heavy atom. The second kappa shape index (κ2) is 7.22. The number of fused-ring (bicyclic) bond motifs is 1. The molecule has 0 radical (unpaired) electrons. The topological polar surface area (TPSA) is 29.5 Å². The van der Waals surface area contributed by atoms with Gasteiger partial charge in [0.2, 0.25) is 0 Å². The quantitative estimate of drug-likeness (QED) is 0.646. The van der Waals surface area contributed by atoms with E-state index >= 15 is 0 Å². The summed E-state index contributed by atoms with van der Waals surface area (Å²) in [4.78, 5) is 0. The van der Waals surface area contributed by atoms with Crippen molar-refractivity contribution in [2.24, 2.45) is 0 Å². The molecule has 3 aromatic rings. The number of ether oxygens (including phenoxy) is 1. The molecule has 0 saturated carbocycles. The van der Waals surface area contributed by atoms with E-state index in [9.17, 15) is 5.11 Å². The zero-order valence-electron chi connectivity index (χ0n) is 12.4. The molecule has 118 valence electrons. The highest BCUT2D eigenvalue weighted by molar-refractivity contribution is 6.33. The van der Waals surface area contributed by atoms with Crippen LogP contribution in [0.2, 0.25) is 10.0 Å². The lowest BCUT2D eigenvalue weighted by Gasteiger charge is -2.14. The second-order valence-electron chi connectivity index (χ2n) is 5.30. The smallest absolute Gasteiger partial charge is 0.145 e. The Bertz CT molecular complexity index is 800. The summed E-state index contributed by atoms with van der Waals surface area (Å²) >= 11 is 12.1. The van der Waals surface area contributed by atoms with E-state index in [-0.39, 0.29) is 0 Å². The summed E-state index contributed by atoms with van der Waals surface area (Å²) < 4.78 is 5.85. The fourth-order valence-corrected chi connectivity index (χ4v) is 2.83. The Hall–Kier alpha value is -1.74. The molecule has 0 bridgehead atoms. The van der Waals surface area contributed by atoms with Crippen molar-refractivity contribution in [3.05, 3.63) is 76.3 Å². The van der Waals surface area contributed by atoms with Gasteiger partial charge in [-0.1, -0.05) is 65.7 Å². The van der Waals surface area contributed by atoms with E-state index in [4.69, 9.17) is 27.9 Å². The molecule has 0 aliphatic carbocycles. The highest BCUT2D eigenvalue weighted by Gasteiger charge is 2.10. The molecule has 4 heteroatoms. The molecule has 0 amide bonds. The van der Waals surface area contributed by atoms with E-state index in [1.54, 1.807) is 12.1 Å². The van der Waals surface area contributed by atoms with Crippen LogP contribution in [0.1, 0.15) is 18.1 Å². The van der Waals surface area contributed by atoms with Crippen molar-refractivity contribution in [1.82, 2.24) is 0 Å². The second-order valence-corrected chi connectivity index (χ2v) is 6.15. The Morgan fingerprint density at radius 3 is 2.43 bits per heavy atom. The van der Waals surface area contributed by atoms with Gasteiger partial charge >= 0.3 is 0 Å². The Balaban J connectivity index is 1.69. The zero-order chi connectivity index (χ0) is 16.2. The molecule has 23 heavy (non-hydrogen) atoms. The van der Waals surface area contributed by atoms with Gasteiger partial charge < -0.3 is 9.84 Å². The number of hydrogen-bond donors (Lipinski definition) is 1. The van der Waals surface area contributed by atoms with Gasteiger partial charge in [-0.25, -0.2) is 0 Å². The van der Waals surface area contributed by atoms with Crippen LogP contribution in [-0.4, -0.2) is 11.7 Å². The van der Waals surface area contributed by atoms with Gasteiger partial charge in [0.25, 0.3) is 0 Å². The molecular weight excluding hydrogens is 331 g/mol. The van der Waals surface area contributed by atoms with Gasteiger partial charge in [0.1, 0.15) is 5.75 Å². The largest absolute Gasteiger partial charge is 0.491 e. The Labute approximate surface area is 145 Å². The molecule has 0 saturated heterocycles. The van der Waals surface area contributed by atoms with Crippen LogP contribution >= 0.6 is 23.2 Å². The summed E-state index contributed by atoms with van der Waals surface area (Å²) in [7, 11) is 0. The van der Waals surface area contributed by atoms with Crippen LogP contribution < -0.4 is 4.74 Å². The Kier molecular flexibility index (Phi) is 5.06. The Morgan fingerprint density at radius 2 is 1.65 bits per heavy atom. The lowest BCUT2D eigenvalue weighted by Crippen LogP contribution is -2.05. The molecule has 0 aromatic heterocycles. The lowest BCUT2D eigenvalue weighted by atomic mass is 10.1. The van der Waals surface area contributed by atoms with Gasteiger partial charge in [0.15, 0.2) is 0 Å². The maximum absolute atomic E-state index is 10.2. The summed E-state index contributed by atoms with van der Waals surface area (Å²) in [5.74, 6) is 0.660. The van der Waals surface area contributed by atoms with Crippen molar-refractivity contribution in [3.8, 4) is 5.75 Å². The lowest BCUT2D eigenvalue weighted by molar-refractivity contribution is 0.141. The summed E-state index contributed by atoms with van der Waals surface area (Å²) in [5.41, 5.74) is 0.821. The van der Waals surface area contributed by atoms with Crippen LogP contribution in [0.3, 0.4) is 0 Å². The van der Waals surface area contributed by atoms with Crippen LogP contribution in [0, 0.1) is 0 Å². The third-order valence-corrected chi connectivity index (χ3v) is 4.27. The molecule has 3 rings (SSSR count). The van der Waals surface area contributed by atoms with Crippen LogP contribution in [0.4, 0.5) is 0 Å². The molecule has 0 fully saturated rings. The van der Waals surface area contributed by atoms with E-state index in [1.807, 2.05) is 48.5 Å². The van der Waals surface area contributed by atoms with Crippen molar-refractivity contribution >= 4 is 34.0 Å². The van der Waals surface area contributed by atoms with E-state index in [0.717, 1.165) is 16.3 Å². The summed E-state index contributed by atoms with van der Waals surface area (Å²) in [6.45, 7) is 0.373. The van der Waals surface area contributed by atoms with E-state index in [2.05, 4.69) is 0 Å². The molecule has 2 nitrogen and oxygen atoms in total. The standard InChI is InChI=1S/C19H16Cl2O2/c20-15-8-5-14(6-9-15)18(22)11-12-23-19-16-4-2-1-3-13(16)7-10-17(19)21/h1-10,18,22H,11-12H2. The molecule has 0 heterocycles. The van der Waals surface area contributed by atoms with Crippen molar-refractivity contribution in [2.45, 2.75) is 12.5 Å². The van der Waals surface area contributed by atoms with Crippen molar-refractivity contribution in [3.63, 3.8) is 0 Å². The number of hydrogen-bond acceptors (Lipinski definition) is 2. The van der Waals surface area contributed by atoms with Crippen LogP contribution in [0.15, 0.2) is 60.7 Å². The van der Waals surface area contributed by atoms with Gasteiger partial charge in [0, 0.05) is 16.8 Å². The maximum Gasteiger partial charge on any atom is 0.145 e. The minimum Gasteiger partial charge on any atom is -0.491 e. The minimum absolute atomic E-state index is 0.373. The van der Waals surface area contributed by atoms with E-state index in [0.29, 0.717) is 28.8 Å². The fraction of sp³-hybridized carbons (Fsp3) is 0.158. The molecule has 0 aliphatic rings. The predicted octanol–water partition coefficient (Wildman–Crippen LogP) is 5.65. The third-order valence-electron chi connectivity index (χ3n) is 3.72. The third kappa shape index (κ3) is 3.78. The molecule has 3 aromatic carbocycles. The van der Waals surface area contributed by atoms with Gasteiger partial charge in [-0.15, -0.1) is 0 Å². The van der Waals surface area contributed by atoms with Crippen LogP contribution in [0.5, 0.6) is 5.75 Å². The van der Waals surface area contributed by atoms with Crippen LogP contribution in [0.25, 0.3) is 10.8 Å². The molecule has 1 unspecified atom stereocenters. The van der Waals surface area contributed by atoms with Gasteiger partial charge in [-0.3, -0.25) is 0 Å².